The molecule has 0 radical (unpaired) electrons. The number of H-pyrrole nitrogens is 1. The van der Waals surface area contributed by atoms with Gasteiger partial charge in [-0.25, -0.2) is 5.01 Å². The lowest BCUT2D eigenvalue weighted by molar-refractivity contribution is -0.141. The zero-order chi connectivity index (χ0) is 26.1. The number of para-hydroxylation sites is 1. The van der Waals surface area contributed by atoms with Crippen molar-refractivity contribution < 1.29 is 14.7 Å². The number of amides is 1. The van der Waals surface area contributed by atoms with E-state index < -0.39 is 12.0 Å². The van der Waals surface area contributed by atoms with Gasteiger partial charge in [0.25, 0.3) is 0 Å². The van der Waals surface area contributed by atoms with Gasteiger partial charge in [-0.05, 0) is 41.5 Å². The molecule has 9 heteroatoms. The third-order valence-electron chi connectivity index (χ3n) is 6.32. The molecule has 2 N–H and O–H groups in total. The lowest BCUT2D eigenvalue weighted by Gasteiger charge is -2.22. The molecule has 4 aromatic rings. The largest absolute Gasteiger partial charge is 0.481 e. The third-order valence-corrected chi connectivity index (χ3v) is 7.13. The van der Waals surface area contributed by atoms with Crippen LogP contribution in [0, 0.1) is 4.64 Å². The fraction of sp³-hybridized carbons (Fsp3) is 0.143. The van der Waals surface area contributed by atoms with Crippen LogP contribution < -0.4 is 0 Å². The van der Waals surface area contributed by atoms with Crippen LogP contribution >= 0.6 is 35.4 Å². The summed E-state index contributed by atoms with van der Waals surface area (Å²) in [7, 11) is 0. The van der Waals surface area contributed by atoms with Gasteiger partial charge in [0, 0.05) is 44.9 Å². The number of carboxylic acids is 1. The number of pyridine rings is 1. The van der Waals surface area contributed by atoms with Gasteiger partial charge in [0.1, 0.15) is 4.64 Å². The van der Waals surface area contributed by atoms with E-state index in [0.29, 0.717) is 26.8 Å². The lowest BCUT2D eigenvalue weighted by atomic mass is 9.91. The molecule has 3 aromatic carbocycles. The smallest absolute Gasteiger partial charge is 0.303 e. The molecule has 1 aliphatic heterocycles. The number of benzene rings is 3. The number of halogens is 2. The minimum atomic E-state index is -1.04. The average molecular weight is 550 g/mol. The number of aromatic amines is 1. The van der Waals surface area contributed by atoms with E-state index in [1.165, 1.54) is 5.01 Å². The molecule has 1 aromatic heterocycles. The summed E-state index contributed by atoms with van der Waals surface area (Å²) in [6.07, 6.45) is -0.0404. The van der Waals surface area contributed by atoms with Crippen molar-refractivity contribution in [2.45, 2.75) is 25.3 Å². The number of carbonyl (C=O) groups is 2. The minimum absolute atomic E-state index is 0.162. The van der Waals surface area contributed by atoms with E-state index in [1.54, 1.807) is 12.1 Å². The van der Waals surface area contributed by atoms with E-state index in [1.807, 2.05) is 60.7 Å². The van der Waals surface area contributed by atoms with Crippen molar-refractivity contribution in [3.05, 3.63) is 98.6 Å². The number of aliphatic carboxylic acids is 1. The highest BCUT2D eigenvalue weighted by Gasteiger charge is 2.35. The number of hydrazone groups is 1. The molecule has 2 heterocycles. The van der Waals surface area contributed by atoms with Gasteiger partial charge in [-0.15, -0.1) is 0 Å². The van der Waals surface area contributed by atoms with Gasteiger partial charge in [-0.2, -0.15) is 5.10 Å². The van der Waals surface area contributed by atoms with Crippen molar-refractivity contribution in [2.24, 2.45) is 5.10 Å². The quantitative estimate of drug-likeness (QED) is 0.245. The number of rotatable bonds is 6. The van der Waals surface area contributed by atoms with Crippen LogP contribution in [0.25, 0.3) is 22.0 Å². The molecule has 6 nitrogen and oxygen atoms in total. The lowest BCUT2D eigenvalue weighted by Crippen LogP contribution is -2.27. The van der Waals surface area contributed by atoms with Gasteiger partial charge in [0.15, 0.2) is 0 Å². The number of nitrogens with one attached hydrogen (secondary N) is 1. The Morgan fingerprint density at radius 1 is 0.946 bits per heavy atom. The van der Waals surface area contributed by atoms with Crippen LogP contribution in [0.15, 0.2) is 77.9 Å². The molecular weight excluding hydrogens is 529 g/mol. The van der Waals surface area contributed by atoms with Gasteiger partial charge in [0.2, 0.25) is 5.91 Å². The predicted octanol–water partition coefficient (Wildman–Crippen LogP) is 7.41. The molecule has 0 saturated carbocycles. The van der Waals surface area contributed by atoms with Gasteiger partial charge >= 0.3 is 5.97 Å². The summed E-state index contributed by atoms with van der Waals surface area (Å²) in [6, 6.07) is 22.2. The van der Waals surface area contributed by atoms with E-state index in [9.17, 15) is 9.59 Å². The maximum atomic E-state index is 13.1. The second kappa shape index (κ2) is 10.5. The van der Waals surface area contributed by atoms with E-state index in [-0.39, 0.29) is 18.7 Å². The maximum Gasteiger partial charge on any atom is 0.303 e. The SMILES string of the molecule is O=C(O)CCC(=O)N1N=C(c2c(-c3ccc(Cl)cc3)c3ccccc3[nH]c2=S)CC1c1ccc(Cl)cc1. The average Bonchev–Trinajstić information content (AvgIpc) is 3.32. The fourth-order valence-electron chi connectivity index (χ4n) is 4.60. The van der Waals surface area contributed by atoms with Crippen LogP contribution in [0.2, 0.25) is 10.0 Å². The van der Waals surface area contributed by atoms with Gasteiger partial charge in [0.05, 0.1) is 18.2 Å². The number of fused-ring (bicyclic) bond motifs is 1. The molecule has 0 saturated heterocycles. The summed E-state index contributed by atoms with van der Waals surface area (Å²) in [5.41, 5.74) is 4.89. The van der Waals surface area contributed by atoms with Gasteiger partial charge in [-0.1, -0.05) is 77.9 Å². The number of nitrogens with zero attached hydrogens (tertiary/aromatic N) is 2. The Labute approximate surface area is 228 Å². The molecule has 186 valence electrons. The molecule has 0 bridgehead atoms. The monoisotopic (exact) mass is 549 g/mol. The Balaban J connectivity index is 1.68. The number of hydrogen-bond acceptors (Lipinski definition) is 4. The molecule has 5 rings (SSSR count). The maximum absolute atomic E-state index is 13.1. The van der Waals surface area contributed by atoms with Crippen LogP contribution in [0.4, 0.5) is 0 Å². The summed E-state index contributed by atoms with van der Waals surface area (Å²) in [5, 5.41) is 17.4. The highest BCUT2D eigenvalue weighted by atomic mass is 35.5. The summed E-state index contributed by atoms with van der Waals surface area (Å²) in [6.45, 7) is 0. The van der Waals surface area contributed by atoms with E-state index >= 15 is 0 Å². The molecular formula is C28H21Cl2N3O3S. The molecule has 1 aliphatic rings. The zero-order valence-electron chi connectivity index (χ0n) is 19.4. The normalized spacial score (nSPS) is 15.1. The Hall–Kier alpha value is -3.52. The number of carbonyl (C=O) groups excluding carboxylic acids is 1. The first-order valence-corrected chi connectivity index (χ1v) is 12.8. The van der Waals surface area contributed by atoms with Crippen LogP contribution in [0.1, 0.15) is 36.4 Å². The van der Waals surface area contributed by atoms with Crippen molar-refractivity contribution in [1.29, 1.82) is 0 Å². The topological polar surface area (TPSA) is 85.8 Å². The van der Waals surface area contributed by atoms with Crippen molar-refractivity contribution in [3.63, 3.8) is 0 Å². The van der Waals surface area contributed by atoms with E-state index in [0.717, 1.165) is 33.2 Å². The van der Waals surface area contributed by atoms with Crippen LogP contribution in [0.3, 0.4) is 0 Å². The first-order valence-electron chi connectivity index (χ1n) is 11.6. The standard InChI is InChI=1S/C28H21Cl2N3O3S/c29-18-9-5-16(6-10-18)23-15-22(32-33(23)24(34)13-14-25(35)36)27-26(17-7-11-19(30)12-8-17)20-3-1-2-4-21(20)31-28(27)37/h1-12,23H,13-15H2,(H,31,37)(H,35,36). The fourth-order valence-corrected chi connectivity index (χ4v) is 5.18. The second-order valence-corrected chi connectivity index (χ2v) is 9.99. The number of aromatic nitrogens is 1. The zero-order valence-corrected chi connectivity index (χ0v) is 21.8. The second-order valence-electron chi connectivity index (χ2n) is 8.71. The molecule has 1 atom stereocenters. The van der Waals surface area contributed by atoms with Crippen LogP contribution in [0.5, 0.6) is 0 Å². The van der Waals surface area contributed by atoms with Crippen molar-refractivity contribution >= 4 is 63.9 Å². The first kappa shape index (κ1) is 25.1. The number of hydrogen-bond donors (Lipinski definition) is 2. The summed E-state index contributed by atoms with van der Waals surface area (Å²) in [5.74, 6) is -1.41. The van der Waals surface area contributed by atoms with E-state index in [4.69, 9.17) is 45.6 Å². The Bertz CT molecular complexity index is 1600. The molecule has 37 heavy (non-hydrogen) atoms. The molecule has 1 amide bonds. The predicted molar refractivity (Wildman–Crippen MR) is 149 cm³/mol. The molecule has 0 spiro atoms. The van der Waals surface area contributed by atoms with Crippen LogP contribution in [-0.4, -0.2) is 32.7 Å². The van der Waals surface area contributed by atoms with Crippen molar-refractivity contribution in [3.8, 4) is 11.1 Å². The highest BCUT2D eigenvalue weighted by molar-refractivity contribution is 7.71. The summed E-state index contributed by atoms with van der Waals surface area (Å²) < 4.78 is 0.497. The number of carboxylic acid groups (broad SMARTS) is 1. The minimum Gasteiger partial charge on any atom is -0.481 e. The molecule has 0 fully saturated rings. The van der Waals surface area contributed by atoms with Gasteiger partial charge in [-0.3, -0.25) is 9.59 Å². The Morgan fingerprint density at radius 3 is 2.27 bits per heavy atom. The van der Waals surface area contributed by atoms with Crippen molar-refractivity contribution in [2.75, 3.05) is 0 Å². The van der Waals surface area contributed by atoms with Crippen molar-refractivity contribution in [1.82, 2.24) is 9.99 Å². The first-order chi connectivity index (χ1) is 17.8. The van der Waals surface area contributed by atoms with Gasteiger partial charge < -0.3 is 10.1 Å². The highest BCUT2D eigenvalue weighted by Crippen LogP contribution is 2.39. The molecule has 0 aliphatic carbocycles. The van der Waals surface area contributed by atoms with Crippen LogP contribution in [-0.2, 0) is 9.59 Å². The Kier molecular flexibility index (Phi) is 7.11. The Morgan fingerprint density at radius 2 is 1.59 bits per heavy atom. The third kappa shape index (κ3) is 5.16. The summed E-state index contributed by atoms with van der Waals surface area (Å²) >= 11 is 18.1. The summed E-state index contributed by atoms with van der Waals surface area (Å²) in [4.78, 5) is 27.6. The molecule has 1 unspecified atom stereocenters. The van der Waals surface area contributed by atoms with E-state index in [2.05, 4.69) is 4.98 Å².